The lowest BCUT2D eigenvalue weighted by Gasteiger charge is -2.25. The molecule has 1 aliphatic heterocycles. The Kier molecular flexibility index (Phi) is 11.2. The van der Waals surface area contributed by atoms with Gasteiger partial charge in [-0.3, -0.25) is 4.99 Å². The fourth-order valence-electron chi connectivity index (χ4n) is 2.82. The minimum absolute atomic E-state index is 0. The maximum absolute atomic E-state index is 13.2. The zero-order valence-corrected chi connectivity index (χ0v) is 19.6. The summed E-state index contributed by atoms with van der Waals surface area (Å²) in [7, 11) is -3.31. The Balaban J connectivity index is 0.00000392. The third-order valence-electron chi connectivity index (χ3n) is 4.32. The Hall–Kier alpha value is -0.980. The Morgan fingerprint density at radius 3 is 2.64 bits per heavy atom. The summed E-state index contributed by atoms with van der Waals surface area (Å²) >= 11 is 0. The predicted molar refractivity (Wildman–Crippen MR) is 120 cm³/mol. The minimum Gasteiger partial charge on any atom is -0.379 e. The summed E-state index contributed by atoms with van der Waals surface area (Å²) in [6, 6.07) is 4.76. The first-order chi connectivity index (χ1) is 12.9. The van der Waals surface area contributed by atoms with E-state index in [4.69, 9.17) is 4.74 Å². The minimum atomic E-state index is -3.31. The van der Waals surface area contributed by atoms with Crippen LogP contribution in [0.5, 0.6) is 0 Å². The van der Waals surface area contributed by atoms with Crippen molar-refractivity contribution >= 4 is 40.0 Å². The number of halogens is 2. The molecule has 0 amide bonds. The smallest absolute Gasteiger partial charge is 0.216 e. The number of aliphatic imine (C=N–C) groups is 1. The van der Waals surface area contributed by atoms with Gasteiger partial charge in [0.2, 0.25) is 10.0 Å². The van der Waals surface area contributed by atoms with Crippen LogP contribution in [0.4, 0.5) is 4.39 Å². The molecular weight excluding hydrogens is 498 g/mol. The first kappa shape index (κ1) is 25.1. The second kappa shape index (κ2) is 12.6. The van der Waals surface area contributed by atoms with Gasteiger partial charge in [0, 0.05) is 26.2 Å². The van der Waals surface area contributed by atoms with Gasteiger partial charge < -0.3 is 15.4 Å². The van der Waals surface area contributed by atoms with Gasteiger partial charge in [0.05, 0.1) is 25.5 Å². The molecule has 1 fully saturated rings. The Morgan fingerprint density at radius 2 is 2.00 bits per heavy atom. The van der Waals surface area contributed by atoms with Gasteiger partial charge in [-0.2, -0.15) is 4.31 Å². The summed E-state index contributed by atoms with van der Waals surface area (Å²) in [5.74, 6) is 0.315. The number of nitrogens with zero attached hydrogens (tertiary/aromatic N) is 2. The van der Waals surface area contributed by atoms with Crippen LogP contribution in [0.3, 0.4) is 0 Å². The van der Waals surface area contributed by atoms with E-state index in [9.17, 15) is 12.8 Å². The second-order valence-electron chi connectivity index (χ2n) is 6.34. The SMILES string of the molecule is CCNC(=NCCS(=O)(=O)N1CCOCC1)NCCc1ccc(F)cc1C.I. The van der Waals surface area contributed by atoms with Crippen molar-refractivity contribution in [3.05, 3.63) is 35.1 Å². The highest BCUT2D eigenvalue weighted by Crippen LogP contribution is 2.10. The molecule has 0 aromatic heterocycles. The Morgan fingerprint density at radius 1 is 1.29 bits per heavy atom. The summed E-state index contributed by atoms with van der Waals surface area (Å²) in [5.41, 5.74) is 1.98. The van der Waals surface area contributed by atoms with Gasteiger partial charge in [0.25, 0.3) is 0 Å². The molecule has 0 spiro atoms. The van der Waals surface area contributed by atoms with Crippen molar-refractivity contribution in [2.45, 2.75) is 20.3 Å². The number of ether oxygens (including phenoxy) is 1. The Bertz CT molecular complexity index is 740. The van der Waals surface area contributed by atoms with Crippen LogP contribution in [-0.4, -0.2) is 70.4 Å². The molecule has 0 saturated carbocycles. The highest BCUT2D eigenvalue weighted by Gasteiger charge is 2.23. The van der Waals surface area contributed by atoms with Crippen molar-refractivity contribution in [2.24, 2.45) is 4.99 Å². The number of morpholine rings is 1. The van der Waals surface area contributed by atoms with Crippen molar-refractivity contribution in [3.63, 3.8) is 0 Å². The molecule has 1 heterocycles. The predicted octanol–water partition coefficient (Wildman–Crippen LogP) is 1.51. The zero-order valence-electron chi connectivity index (χ0n) is 16.4. The third kappa shape index (κ3) is 8.18. The molecule has 0 bridgehead atoms. The third-order valence-corrected chi connectivity index (χ3v) is 6.17. The first-order valence-corrected chi connectivity index (χ1v) is 10.9. The summed E-state index contributed by atoms with van der Waals surface area (Å²) < 4.78 is 44.5. The molecule has 2 rings (SSSR count). The maximum atomic E-state index is 13.2. The van der Waals surface area contributed by atoms with Crippen LogP contribution in [0, 0.1) is 12.7 Å². The van der Waals surface area contributed by atoms with Crippen molar-refractivity contribution < 1.29 is 17.5 Å². The van der Waals surface area contributed by atoms with Crippen LogP contribution in [0.2, 0.25) is 0 Å². The van der Waals surface area contributed by atoms with Gasteiger partial charge in [-0.15, -0.1) is 24.0 Å². The normalized spacial score (nSPS) is 15.8. The number of aryl methyl sites for hydroxylation is 1. The van der Waals surface area contributed by atoms with E-state index in [2.05, 4.69) is 15.6 Å². The molecule has 1 saturated heterocycles. The van der Waals surface area contributed by atoms with E-state index in [1.807, 2.05) is 13.8 Å². The largest absolute Gasteiger partial charge is 0.379 e. The highest BCUT2D eigenvalue weighted by molar-refractivity contribution is 14.0. The standard InChI is InChI=1S/C18H29FN4O3S.HI/c1-3-20-18(21-7-6-16-4-5-17(19)14-15(16)2)22-8-13-27(24,25)23-9-11-26-12-10-23;/h4-5,14H,3,6-13H2,1-2H3,(H2,20,21,22);1H. The zero-order chi connectivity index (χ0) is 19.7. The molecular formula is C18H30FIN4O3S. The van der Waals surface area contributed by atoms with Crippen molar-refractivity contribution in [3.8, 4) is 0 Å². The molecule has 7 nitrogen and oxygen atoms in total. The topological polar surface area (TPSA) is 83.0 Å². The van der Waals surface area contributed by atoms with E-state index in [0.29, 0.717) is 45.4 Å². The van der Waals surface area contributed by atoms with Gasteiger partial charge in [0.1, 0.15) is 5.82 Å². The van der Waals surface area contributed by atoms with Gasteiger partial charge in [-0.05, 0) is 43.5 Å². The summed E-state index contributed by atoms with van der Waals surface area (Å²) in [5, 5.41) is 6.30. The number of sulfonamides is 1. The molecule has 0 aliphatic carbocycles. The highest BCUT2D eigenvalue weighted by atomic mass is 127. The number of nitrogens with one attached hydrogen (secondary N) is 2. The summed E-state index contributed by atoms with van der Waals surface area (Å²) in [6.07, 6.45) is 0.725. The number of rotatable bonds is 8. The van der Waals surface area contributed by atoms with Crippen LogP contribution < -0.4 is 10.6 Å². The fraction of sp³-hybridized carbons (Fsp3) is 0.611. The monoisotopic (exact) mass is 528 g/mol. The molecule has 160 valence electrons. The quantitative estimate of drug-likeness (QED) is 0.304. The maximum Gasteiger partial charge on any atom is 0.216 e. The molecule has 0 atom stereocenters. The van der Waals surface area contributed by atoms with Crippen LogP contribution in [-0.2, 0) is 21.2 Å². The van der Waals surface area contributed by atoms with Crippen molar-refractivity contribution in [1.29, 1.82) is 0 Å². The first-order valence-electron chi connectivity index (χ1n) is 9.25. The molecule has 1 aromatic rings. The fourth-order valence-corrected chi connectivity index (χ4v) is 4.11. The average Bonchev–Trinajstić information content (AvgIpc) is 2.64. The number of hydrogen-bond acceptors (Lipinski definition) is 4. The van der Waals surface area contributed by atoms with Gasteiger partial charge >= 0.3 is 0 Å². The summed E-state index contributed by atoms with van der Waals surface area (Å²) in [4.78, 5) is 4.36. The lowest BCUT2D eigenvalue weighted by atomic mass is 10.1. The lowest BCUT2D eigenvalue weighted by Crippen LogP contribution is -2.42. The van der Waals surface area contributed by atoms with E-state index in [1.54, 1.807) is 6.07 Å². The van der Waals surface area contributed by atoms with Crippen molar-refractivity contribution in [2.75, 3.05) is 51.7 Å². The molecule has 1 aromatic carbocycles. The van der Waals surface area contributed by atoms with Crippen LogP contribution in [0.25, 0.3) is 0 Å². The van der Waals surface area contributed by atoms with E-state index in [1.165, 1.54) is 16.4 Å². The second-order valence-corrected chi connectivity index (χ2v) is 8.42. The van der Waals surface area contributed by atoms with Gasteiger partial charge in [-0.1, -0.05) is 6.07 Å². The lowest BCUT2D eigenvalue weighted by molar-refractivity contribution is 0.0731. The van der Waals surface area contributed by atoms with E-state index in [-0.39, 0.29) is 42.1 Å². The molecule has 10 heteroatoms. The van der Waals surface area contributed by atoms with Crippen LogP contribution in [0.1, 0.15) is 18.1 Å². The molecule has 0 unspecified atom stereocenters. The number of guanidine groups is 1. The van der Waals surface area contributed by atoms with Crippen LogP contribution in [0.15, 0.2) is 23.2 Å². The molecule has 0 radical (unpaired) electrons. The van der Waals surface area contributed by atoms with Crippen molar-refractivity contribution in [1.82, 2.24) is 14.9 Å². The molecule has 1 aliphatic rings. The average molecular weight is 528 g/mol. The molecule has 28 heavy (non-hydrogen) atoms. The van der Waals surface area contributed by atoms with Gasteiger partial charge in [-0.25, -0.2) is 12.8 Å². The van der Waals surface area contributed by atoms with E-state index in [0.717, 1.165) is 17.5 Å². The van der Waals surface area contributed by atoms with Crippen LogP contribution >= 0.6 is 24.0 Å². The Labute approximate surface area is 184 Å². The van der Waals surface area contributed by atoms with Gasteiger partial charge in [0.15, 0.2) is 5.96 Å². The van der Waals surface area contributed by atoms with E-state index >= 15 is 0 Å². The summed E-state index contributed by atoms with van der Waals surface area (Å²) in [6.45, 7) is 7.00. The number of benzene rings is 1. The van der Waals surface area contributed by atoms with E-state index < -0.39 is 10.0 Å². The molecule has 2 N–H and O–H groups in total. The number of hydrogen-bond donors (Lipinski definition) is 2.